The number of phenols is 1. The summed E-state index contributed by atoms with van der Waals surface area (Å²) in [5.41, 5.74) is 1.86. The number of halogens is 1. The molecule has 1 amide bonds. The van der Waals surface area contributed by atoms with Gasteiger partial charge in [-0.3, -0.25) is 4.79 Å². The summed E-state index contributed by atoms with van der Waals surface area (Å²) in [6, 6.07) is 10.9. The molecule has 0 bridgehead atoms. The Balaban J connectivity index is 2.07. The van der Waals surface area contributed by atoms with Crippen molar-refractivity contribution in [1.82, 2.24) is 0 Å². The van der Waals surface area contributed by atoms with E-state index in [1.165, 1.54) is 30.4 Å². The minimum absolute atomic E-state index is 0.00288. The van der Waals surface area contributed by atoms with Crippen molar-refractivity contribution >= 4 is 17.7 Å². The maximum Gasteiger partial charge on any atom is 0.248 e. The highest BCUT2D eigenvalue weighted by Crippen LogP contribution is 2.23. The van der Waals surface area contributed by atoms with Crippen LogP contribution < -0.4 is 5.32 Å². The molecule has 0 fully saturated rings. The Morgan fingerprint density at radius 2 is 2.05 bits per heavy atom. The number of carbonyl (C=O) groups excluding carboxylic acids is 1. The topological polar surface area (TPSA) is 49.3 Å². The lowest BCUT2D eigenvalue weighted by Crippen LogP contribution is -2.08. The fourth-order valence-electron chi connectivity index (χ4n) is 1.71. The van der Waals surface area contributed by atoms with Crippen LogP contribution in [-0.4, -0.2) is 11.0 Å². The third-order valence-corrected chi connectivity index (χ3v) is 2.69. The van der Waals surface area contributed by atoms with E-state index >= 15 is 0 Å². The number of aromatic hydroxyl groups is 1. The molecule has 102 valence electrons. The summed E-state index contributed by atoms with van der Waals surface area (Å²) in [5.74, 6) is -0.748. The van der Waals surface area contributed by atoms with Crippen molar-refractivity contribution in [3.8, 4) is 5.75 Å². The molecular formula is C16H14FNO2. The molecule has 2 aromatic rings. The Hall–Kier alpha value is -2.62. The zero-order valence-electron chi connectivity index (χ0n) is 10.9. The van der Waals surface area contributed by atoms with Crippen LogP contribution in [0, 0.1) is 12.7 Å². The van der Waals surface area contributed by atoms with Crippen molar-refractivity contribution < 1.29 is 14.3 Å². The minimum Gasteiger partial charge on any atom is -0.506 e. The largest absolute Gasteiger partial charge is 0.506 e. The van der Waals surface area contributed by atoms with Crippen molar-refractivity contribution in [3.63, 3.8) is 0 Å². The van der Waals surface area contributed by atoms with Gasteiger partial charge in [0.15, 0.2) is 0 Å². The first-order valence-corrected chi connectivity index (χ1v) is 6.09. The van der Waals surface area contributed by atoms with Gasteiger partial charge in [-0.05, 0) is 48.4 Å². The second-order valence-electron chi connectivity index (χ2n) is 4.40. The van der Waals surface area contributed by atoms with Crippen molar-refractivity contribution in [2.45, 2.75) is 6.92 Å². The Bertz CT molecular complexity index is 665. The van der Waals surface area contributed by atoms with E-state index in [9.17, 15) is 14.3 Å². The normalized spacial score (nSPS) is 10.7. The molecule has 0 saturated heterocycles. The highest BCUT2D eigenvalue weighted by atomic mass is 19.1. The number of hydrogen-bond acceptors (Lipinski definition) is 2. The van der Waals surface area contributed by atoms with E-state index in [1.54, 1.807) is 24.3 Å². The van der Waals surface area contributed by atoms with Crippen LogP contribution in [0.15, 0.2) is 48.5 Å². The van der Waals surface area contributed by atoms with Gasteiger partial charge in [0.05, 0.1) is 5.69 Å². The number of phenolic OH excluding ortho intramolecular Hbond substituents is 1. The summed E-state index contributed by atoms with van der Waals surface area (Å²) < 4.78 is 13.0. The number of amides is 1. The fraction of sp³-hybridized carbons (Fsp3) is 0.0625. The van der Waals surface area contributed by atoms with Crippen molar-refractivity contribution in [3.05, 3.63) is 65.5 Å². The third kappa shape index (κ3) is 3.68. The quantitative estimate of drug-likeness (QED) is 0.663. The van der Waals surface area contributed by atoms with Crippen LogP contribution in [0.4, 0.5) is 10.1 Å². The van der Waals surface area contributed by atoms with Crippen LogP contribution in [0.2, 0.25) is 0 Å². The first kappa shape index (κ1) is 13.8. The molecule has 0 unspecified atom stereocenters. The molecule has 0 aliphatic carbocycles. The average molecular weight is 271 g/mol. The Morgan fingerprint density at radius 1 is 1.25 bits per heavy atom. The van der Waals surface area contributed by atoms with E-state index in [4.69, 9.17) is 0 Å². The molecule has 2 aromatic carbocycles. The average Bonchev–Trinajstić information content (AvgIpc) is 2.41. The predicted molar refractivity (Wildman–Crippen MR) is 76.9 cm³/mol. The number of rotatable bonds is 3. The highest BCUT2D eigenvalue weighted by molar-refractivity contribution is 6.02. The molecule has 0 atom stereocenters. The number of aryl methyl sites for hydroxylation is 1. The molecule has 2 N–H and O–H groups in total. The van der Waals surface area contributed by atoms with E-state index in [0.29, 0.717) is 11.3 Å². The van der Waals surface area contributed by atoms with E-state index in [0.717, 1.165) is 5.56 Å². The Kier molecular flexibility index (Phi) is 4.15. The van der Waals surface area contributed by atoms with Gasteiger partial charge in [0.1, 0.15) is 11.6 Å². The molecule has 0 aliphatic rings. The summed E-state index contributed by atoms with van der Waals surface area (Å²) in [6.07, 6.45) is 2.79. The second-order valence-corrected chi connectivity index (χ2v) is 4.40. The van der Waals surface area contributed by atoms with Crippen molar-refractivity contribution in [1.29, 1.82) is 0 Å². The standard InChI is InChI=1S/C16H14FNO2/c1-11-5-7-15(19)14(9-11)18-16(20)8-6-12-3-2-4-13(17)10-12/h2-10,19H,1H3,(H,18,20)/b8-6+. The van der Waals surface area contributed by atoms with Crippen LogP contribution >= 0.6 is 0 Å². The Labute approximate surface area is 116 Å². The van der Waals surface area contributed by atoms with Gasteiger partial charge >= 0.3 is 0 Å². The summed E-state index contributed by atoms with van der Waals surface area (Å²) in [6.45, 7) is 1.86. The first-order valence-electron chi connectivity index (χ1n) is 6.09. The smallest absolute Gasteiger partial charge is 0.248 e. The zero-order chi connectivity index (χ0) is 14.5. The maximum absolute atomic E-state index is 13.0. The molecule has 0 heterocycles. The van der Waals surface area contributed by atoms with Gasteiger partial charge in [-0.15, -0.1) is 0 Å². The molecule has 0 saturated carbocycles. The summed E-state index contributed by atoms with van der Waals surface area (Å²) in [5, 5.41) is 12.2. The Morgan fingerprint density at radius 3 is 2.80 bits per heavy atom. The lowest BCUT2D eigenvalue weighted by atomic mass is 10.2. The molecule has 4 heteroatoms. The molecule has 3 nitrogen and oxygen atoms in total. The van der Waals surface area contributed by atoms with E-state index in [2.05, 4.69) is 5.32 Å². The van der Waals surface area contributed by atoms with Gasteiger partial charge in [-0.25, -0.2) is 4.39 Å². The summed E-state index contributed by atoms with van der Waals surface area (Å²) in [7, 11) is 0. The first-order chi connectivity index (χ1) is 9.54. The molecule has 0 aromatic heterocycles. The van der Waals surface area contributed by atoms with Crippen molar-refractivity contribution in [2.24, 2.45) is 0 Å². The SMILES string of the molecule is Cc1ccc(O)c(NC(=O)/C=C/c2cccc(F)c2)c1. The predicted octanol–water partition coefficient (Wildman–Crippen LogP) is 3.49. The highest BCUT2D eigenvalue weighted by Gasteiger charge is 2.03. The zero-order valence-corrected chi connectivity index (χ0v) is 10.9. The monoisotopic (exact) mass is 271 g/mol. The number of anilines is 1. The van der Waals surface area contributed by atoms with Crippen LogP contribution in [0.5, 0.6) is 5.75 Å². The van der Waals surface area contributed by atoms with Crippen LogP contribution in [0.1, 0.15) is 11.1 Å². The fourth-order valence-corrected chi connectivity index (χ4v) is 1.71. The number of benzene rings is 2. The lowest BCUT2D eigenvalue weighted by Gasteiger charge is -2.05. The van der Waals surface area contributed by atoms with Crippen molar-refractivity contribution in [2.75, 3.05) is 5.32 Å². The molecule has 0 spiro atoms. The summed E-state index contributed by atoms with van der Waals surface area (Å²) in [4.78, 5) is 11.7. The van der Waals surface area contributed by atoms with Crippen LogP contribution in [-0.2, 0) is 4.79 Å². The van der Waals surface area contributed by atoms with Gasteiger partial charge in [0, 0.05) is 6.08 Å². The molecular weight excluding hydrogens is 257 g/mol. The molecule has 2 rings (SSSR count). The molecule has 20 heavy (non-hydrogen) atoms. The number of hydrogen-bond donors (Lipinski definition) is 2. The molecule has 0 radical (unpaired) electrons. The second kappa shape index (κ2) is 6.02. The van der Waals surface area contributed by atoms with Crippen LogP contribution in [0.25, 0.3) is 6.08 Å². The summed E-state index contributed by atoms with van der Waals surface area (Å²) >= 11 is 0. The van der Waals surface area contributed by atoms with E-state index in [-0.39, 0.29) is 11.6 Å². The van der Waals surface area contributed by atoms with Gasteiger partial charge in [-0.1, -0.05) is 18.2 Å². The maximum atomic E-state index is 13.0. The van der Waals surface area contributed by atoms with Crippen LogP contribution in [0.3, 0.4) is 0 Å². The van der Waals surface area contributed by atoms with Gasteiger partial charge in [0.25, 0.3) is 0 Å². The van der Waals surface area contributed by atoms with Gasteiger partial charge in [-0.2, -0.15) is 0 Å². The van der Waals surface area contributed by atoms with E-state index in [1.807, 2.05) is 6.92 Å². The number of carbonyl (C=O) groups is 1. The third-order valence-electron chi connectivity index (χ3n) is 2.69. The molecule has 0 aliphatic heterocycles. The lowest BCUT2D eigenvalue weighted by molar-refractivity contribution is -0.111. The van der Waals surface area contributed by atoms with E-state index < -0.39 is 5.91 Å². The van der Waals surface area contributed by atoms with Gasteiger partial charge in [0.2, 0.25) is 5.91 Å². The van der Waals surface area contributed by atoms with Gasteiger partial charge < -0.3 is 10.4 Å². The number of nitrogens with one attached hydrogen (secondary N) is 1. The minimum atomic E-state index is -0.393.